The molecular formula is C21H18F3N5O2. The van der Waals surface area contributed by atoms with Gasteiger partial charge in [-0.25, -0.2) is 4.68 Å². The molecule has 0 bridgehead atoms. The molecule has 0 saturated carbocycles. The van der Waals surface area contributed by atoms with Crippen LogP contribution in [-0.2, 0) is 11.0 Å². The highest BCUT2D eigenvalue weighted by Gasteiger charge is 2.34. The number of ether oxygens (including phenoxy) is 1. The second-order valence-electron chi connectivity index (χ2n) is 6.90. The molecule has 7 nitrogen and oxygen atoms in total. The van der Waals surface area contributed by atoms with E-state index in [4.69, 9.17) is 4.74 Å². The lowest BCUT2D eigenvalue weighted by atomic mass is 9.95. The summed E-state index contributed by atoms with van der Waals surface area (Å²) in [4.78, 5) is 17.4. The average molecular weight is 429 g/mol. The maximum absolute atomic E-state index is 13.2. The van der Waals surface area contributed by atoms with Crippen LogP contribution in [0.25, 0.3) is 0 Å². The van der Waals surface area contributed by atoms with Crippen molar-refractivity contribution < 1.29 is 22.7 Å². The van der Waals surface area contributed by atoms with Gasteiger partial charge in [-0.05, 0) is 42.8 Å². The molecule has 1 aliphatic rings. The van der Waals surface area contributed by atoms with Crippen molar-refractivity contribution in [2.75, 3.05) is 17.7 Å². The molecule has 160 valence electrons. The lowest BCUT2D eigenvalue weighted by molar-refractivity contribution is -0.137. The third-order valence-electron chi connectivity index (χ3n) is 4.92. The van der Waals surface area contributed by atoms with Gasteiger partial charge in [-0.1, -0.05) is 18.2 Å². The Bertz CT molecular complexity index is 1150. The van der Waals surface area contributed by atoms with Gasteiger partial charge in [-0.15, -0.1) is 0 Å². The van der Waals surface area contributed by atoms with E-state index in [1.807, 2.05) is 0 Å². The van der Waals surface area contributed by atoms with Crippen LogP contribution in [0, 0.1) is 0 Å². The molecule has 0 unspecified atom stereocenters. The van der Waals surface area contributed by atoms with E-state index in [9.17, 15) is 18.0 Å². The minimum atomic E-state index is -4.51. The maximum atomic E-state index is 13.2. The maximum Gasteiger partial charge on any atom is 0.416 e. The first-order valence-electron chi connectivity index (χ1n) is 9.28. The minimum absolute atomic E-state index is 0.0398. The largest absolute Gasteiger partial charge is 0.497 e. The number of nitrogens with zero attached hydrogens (tertiary/aromatic N) is 3. The average Bonchev–Trinajstić information content (AvgIpc) is 3.20. The van der Waals surface area contributed by atoms with E-state index < -0.39 is 23.7 Å². The Morgan fingerprint density at radius 2 is 1.94 bits per heavy atom. The van der Waals surface area contributed by atoms with Crippen LogP contribution in [0.2, 0.25) is 0 Å². The number of amides is 1. The molecule has 2 aromatic carbocycles. The predicted octanol–water partition coefficient (Wildman–Crippen LogP) is 4.23. The second kappa shape index (κ2) is 7.78. The van der Waals surface area contributed by atoms with Gasteiger partial charge < -0.3 is 15.4 Å². The number of nitrogens with one attached hydrogen (secondary N) is 2. The van der Waals surface area contributed by atoms with Gasteiger partial charge in [0.2, 0.25) is 5.95 Å². The third kappa shape index (κ3) is 3.96. The number of allylic oxidation sites excluding steroid dienone is 1. The summed E-state index contributed by atoms with van der Waals surface area (Å²) >= 11 is 0. The van der Waals surface area contributed by atoms with Crippen molar-refractivity contribution in [3.8, 4) is 5.75 Å². The van der Waals surface area contributed by atoms with Gasteiger partial charge in [-0.2, -0.15) is 23.3 Å². The van der Waals surface area contributed by atoms with Crippen LogP contribution < -0.4 is 15.4 Å². The third-order valence-corrected chi connectivity index (χ3v) is 4.92. The number of carbonyl (C=O) groups is 1. The lowest BCUT2D eigenvalue weighted by Gasteiger charge is -2.28. The molecule has 0 aliphatic carbocycles. The number of carbonyl (C=O) groups excluding carboxylic acids is 1. The van der Waals surface area contributed by atoms with Crippen LogP contribution in [0.15, 0.2) is 66.1 Å². The van der Waals surface area contributed by atoms with E-state index in [1.165, 1.54) is 18.5 Å². The summed E-state index contributed by atoms with van der Waals surface area (Å²) in [5, 5.41) is 9.82. The number of halogens is 3. The molecule has 0 radical (unpaired) electrons. The van der Waals surface area contributed by atoms with E-state index in [2.05, 4.69) is 20.7 Å². The Kier molecular flexibility index (Phi) is 5.14. The topological polar surface area (TPSA) is 81.1 Å². The number of hydrogen-bond acceptors (Lipinski definition) is 5. The summed E-state index contributed by atoms with van der Waals surface area (Å²) in [5.41, 5.74) is 0.759. The summed E-state index contributed by atoms with van der Waals surface area (Å²) in [6, 6.07) is 11.0. The first-order valence-corrected chi connectivity index (χ1v) is 9.28. The fraction of sp³-hybridized carbons (Fsp3) is 0.190. The summed E-state index contributed by atoms with van der Waals surface area (Å²) in [7, 11) is 1.55. The fourth-order valence-corrected chi connectivity index (χ4v) is 3.45. The van der Waals surface area contributed by atoms with Gasteiger partial charge in [0.25, 0.3) is 5.91 Å². The number of aromatic nitrogens is 3. The summed E-state index contributed by atoms with van der Waals surface area (Å²) in [6.45, 7) is 1.70. The van der Waals surface area contributed by atoms with Crippen LogP contribution in [0.5, 0.6) is 5.75 Å². The number of alkyl halides is 3. The molecule has 3 aromatic rings. The van der Waals surface area contributed by atoms with E-state index in [-0.39, 0.29) is 5.69 Å². The Balaban J connectivity index is 1.71. The quantitative estimate of drug-likeness (QED) is 0.649. The van der Waals surface area contributed by atoms with E-state index in [1.54, 1.807) is 43.0 Å². The molecule has 4 rings (SSSR count). The highest BCUT2D eigenvalue weighted by Crippen LogP contribution is 2.36. The number of fused-ring (bicyclic) bond motifs is 1. The van der Waals surface area contributed by atoms with Gasteiger partial charge in [0.15, 0.2) is 0 Å². The molecule has 1 amide bonds. The zero-order valence-electron chi connectivity index (χ0n) is 16.6. The standard InChI is InChI=1S/C21H18F3N5O2/c1-12-17(19(30)28-15-5-3-4-14(10-15)21(22,23)24)18(29-20(27-12)25-11-26-29)13-6-8-16(31-2)9-7-13/h3-11,18H,1-2H3,(H,28,30)(H,25,26,27)/t18-/m0/s1. The highest BCUT2D eigenvalue weighted by molar-refractivity contribution is 6.06. The number of rotatable bonds is 4. The second-order valence-corrected chi connectivity index (χ2v) is 6.90. The van der Waals surface area contributed by atoms with Crippen molar-refractivity contribution >= 4 is 17.5 Å². The van der Waals surface area contributed by atoms with Crippen molar-refractivity contribution in [2.24, 2.45) is 0 Å². The Morgan fingerprint density at radius 3 is 2.61 bits per heavy atom. The highest BCUT2D eigenvalue weighted by atomic mass is 19.4. The van der Waals surface area contributed by atoms with Gasteiger partial charge in [0.1, 0.15) is 18.1 Å². The van der Waals surface area contributed by atoms with Gasteiger partial charge >= 0.3 is 6.18 Å². The van der Waals surface area contributed by atoms with E-state index in [0.29, 0.717) is 23.0 Å². The molecule has 0 fully saturated rings. The van der Waals surface area contributed by atoms with Crippen LogP contribution in [-0.4, -0.2) is 27.8 Å². The first kappa shape index (κ1) is 20.5. The van der Waals surface area contributed by atoms with Gasteiger partial charge in [-0.3, -0.25) is 4.79 Å². The van der Waals surface area contributed by atoms with Crippen LogP contribution in [0.1, 0.15) is 24.1 Å². The Labute approximate surface area is 175 Å². The molecule has 10 heteroatoms. The van der Waals surface area contributed by atoms with Crippen molar-refractivity contribution in [1.29, 1.82) is 0 Å². The molecule has 0 saturated heterocycles. The van der Waals surface area contributed by atoms with Gasteiger partial charge in [0, 0.05) is 11.4 Å². The monoisotopic (exact) mass is 429 g/mol. The summed E-state index contributed by atoms with van der Waals surface area (Å²) < 4.78 is 45.9. The molecule has 1 atom stereocenters. The summed E-state index contributed by atoms with van der Waals surface area (Å²) in [6.07, 6.45) is -3.15. The van der Waals surface area contributed by atoms with Crippen molar-refractivity contribution in [2.45, 2.75) is 19.1 Å². The SMILES string of the molecule is COc1ccc([C@H]2C(C(=O)Nc3cccc(C(F)(F)F)c3)=C(C)Nc3ncnn32)cc1. The van der Waals surface area contributed by atoms with Crippen molar-refractivity contribution in [1.82, 2.24) is 14.8 Å². The molecule has 1 aliphatic heterocycles. The predicted molar refractivity (Wildman–Crippen MR) is 108 cm³/mol. The number of benzene rings is 2. The van der Waals surface area contributed by atoms with Crippen molar-refractivity contribution in [3.05, 3.63) is 77.3 Å². The fourth-order valence-electron chi connectivity index (χ4n) is 3.45. The molecule has 2 N–H and O–H groups in total. The zero-order valence-corrected chi connectivity index (χ0v) is 16.6. The molecule has 31 heavy (non-hydrogen) atoms. The minimum Gasteiger partial charge on any atom is -0.497 e. The van der Waals surface area contributed by atoms with Gasteiger partial charge in [0.05, 0.1) is 18.2 Å². The van der Waals surface area contributed by atoms with Crippen molar-refractivity contribution in [3.63, 3.8) is 0 Å². The number of anilines is 2. The Morgan fingerprint density at radius 1 is 1.19 bits per heavy atom. The number of hydrogen-bond donors (Lipinski definition) is 2. The molecule has 2 heterocycles. The lowest BCUT2D eigenvalue weighted by Crippen LogP contribution is -2.31. The van der Waals surface area contributed by atoms with Crippen LogP contribution >= 0.6 is 0 Å². The molecule has 1 aromatic heterocycles. The van der Waals surface area contributed by atoms with Crippen LogP contribution in [0.3, 0.4) is 0 Å². The molecular weight excluding hydrogens is 411 g/mol. The van der Waals surface area contributed by atoms with Crippen LogP contribution in [0.4, 0.5) is 24.8 Å². The summed E-state index contributed by atoms with van der Waals surface area (Å²) in [5.74, 6) is 0.549. The normalized spacial score (nSPS) is 15.8. The van der Waals surface area contributed by atoms with E-state index in [0.717, 1.165) is 17.7 Å². The van der Waals surface area contributed by atoms with E-state index >= 15 is 0 Å². The first-order chi connectivity index (χ1) is 14.8. The zero-order chi connectivity index (χ0) is 22.2. The number of methoxy groups -OCH3 is 1. The Hall–Kier alpha value is -3.82. The molecule has 0 spiro atoms. The smallest absolute Gasteiger partial charge is 0.416 e.